The van der Waals surface area contributed by atoms with Gasteiger partial charge in [-0.05, 0) is 75.6 Å². The van der Waals surface area contributed by atoms with Crippen LogP contribution in [0.3, 0.4) is 0 Å². The molecule has 2 heterocycles. The van der Waals surface area contributed by atoms with Gasteiger partial charge in [0.2, 0.25) is 5.95 Å². The molecule has 1 aromatic heterocycles. The Morgan fingerprint density at radius 3 is 2.77 bits per heavy atom. The molecule has 1 aliphatic heterocycles. The number of aromatic nitrogens is 2. The number of aliphatic imine (C=N–C) groups is 1. The second kappa shape index (κ2) is 10.7. The summed E-state index contributed by atoms with van der Waals surface area (Å²) in [6, 6.07) is 7.97. The Morgan fingerprint density at radius 1 is 1.32 bits per heavy atom. The highest BCUT2D eigenvalue weighted by atomic mass is 16.1. The van der Waals surface area contributed by atoms with Gasteiger partial charge in [0.25, 0.3) is 5.91 Å². The number of carbonyl (C=O) groups excluding carboxylic acids is 1. The van der Waals surface area contributed by atoms with Crippen LogP contribution in [-0.2, 0) is 4.79 Å². The monoisotopic (exact) mass is 421 g/mol. The predicted molar refractivity (Wildman–Crippen MR) is 125 cm³/mol. The average molecular weight is 422 g/mol. The van der Waals surface area contributed by atoms with Crippen LogP contribution in [0, 0.1) is 13.8 Å². The van der Waals surface area contributed by atoms with E-state index in [1.807, 2.05) is 32.9 Å². The molecule has 1 aliphatic rings. The summed E-state index contributed by atoms with van der Waals surface area (Å²) >= 11 is 0. The molecule has 8 nitrogen and oxygen atoms in total. The molecule has 0 aliphatic carbocycles. The fourth-order valence-corrected chi connectivity index (χ4v) is 3.56. The average Bonchev–Trinajstić information content (AvgIpc) is 2.73. The first kappa shape index (κ1) is 22.4. The lowest BCUT2D eigenvalue weighted by Crippen LogP contribution is -2.47. The molecular formula is C23H31N7O. The Bertz CT molecular complexity index is 957. The van der Waals surface area contributed by atoms with Crippen molar-refractivity contribution in [2.75, 3.05) is 25.0 Å². The second-order valence-corrected chi connectivity index (χ2v) is 7.74. The summed E-state index contributed by atoms with van der Waals surface area (Å²) in [5.74, 6) is 0.215. The van der Waals surface area contributed by atoms with Crippen molar-refractivity contribution in [3.63, 3.8) is 0 Å². The van der Waals surface area contributed by atoms with Crippen LogP contribution in [0.2, 0.25) is 0 Å². The third kappa shape index (κ3) is 6.62. The van der Waals surface area contributed by atoms with E-state index in [4.69, 9.17) is 5.73 Å². The first-order chi connectivity index (χ1) is 14.9. The minimum absolute atomic E-state index is 0.102. The van der Waals surface area contributed by atoms with Gasteiger partial charge >= 0.3 is 0 Å². The van der Waals surface area contributed by atoms with Gasteiger partial charge in [-0.2, -0.15) is 0 Å². The van der Waals surface area contributed by atoms with Crippen molar-refractivity contribution in [2.24, 2.45) is 10.7 Å². The van der Waals surface area contributed by atoms with Crippen molar-refractivity contribution in [2.45, 2.75) is 39.7 Å². The lowest BCUT2D eigenvalue weighted by Gasteiger charge is -2.23. The Labute approximate surface area is 183 Å². The van der Waals surface area contributed by atoms with Gasteiger partial charge in [-0.3, -0.25) is 9.79 Å². The standard InChI is InChI=1S/C23H31N7O/c1-4-26-21(22(31)28-17-6-5-8-25-14-17)13-19(24)20-7-9-27-23(30-20)29-18-11-15(2)10-16(3)12-18/h7,9-13,17,25H,4-6,8,14,24H2,1-3H3,(H,28,31)(H,27,29,30)/t17-/m1/s1. The second-order valence-electron chi connectivity index (χ2n) is 7.74. The SMILES string of the molecule is CCN=C(C=C(N)c1ccnc(Nc2cc(C)cc(C)c2)n1)C(=O)N[C@@H]1CCCNC1. The van der Waals surface area contributed by atoms with E-state index in [1.165, 1.54) is 0 Å². The molecule has 3 rings (SSSR count). The number of hydrogen-bond acceptors (Lipinski definition) is 7. The molecule has 1 amide bonds. The van der Waals surface area contributed by atoms with E-state index in [-0.39, 0.29) is 11.9 Å². The van der Waals surface area contributed by atoms with E-state index in [2.05, 4.69) is 37.0 Å². The smallest absolute Gasteiger partial charge is 0.269 e. The third-order valence-electron chi connectivity index (χ3n) is 4.91. The minimum Gasteiger partial charge on any atom is -0.397 e. The molecule has 1 aromatic carbocycles. The number of aryl methyl sites for hydroxylation is 2. The highest BCUT2D eigenvalue weighted by Crippen LogP contribution is 2.18. The molecule has 31 heavy (non-hydrogen) atoms. The maximum atomic E-state index is 12.7. The molecule has 0 radical (unpaired) electrons. The number of piperidine rings is 1. The van der Waals surface area contributed by atoms with Crippen molar-refractivity contribution in [1.29, 1.82) is 0 Å². The molecule has 164 valence electrons. The van der Waals surface area contributed by atoms with Gasteiger partial charge in [0.1, 0.15) is 5.71 Å². The number of carbonyl (C=O) groups is 1. The maximum Gasteiger partial charge on any atom is 0.269 e. The molecule has 0 bridgehead atoms. The molecule has 0 spiro atoms. The van der Waals surface area contributed by atoms with Gasteiger partial charge in [0.05, 0.1) is 11.4 Å². The van der Waals surface area contributed by atoms with Gasteiger partial charge in [-0.15, -0.1) is 0 Å². The number of hydrogen-bond donors (Lipinski definition) is 4. The first-order valence-electron chi connectivity index (χ1n) is 10.7. The maximum absolute atomic E-state index is 12.7. The van der Waals surface area contributed by atoms with E-state index in [0.717, 1.165) is 42.7 Å². The predicted octanol–water partition coefficient (Wildman–Crippen LogP) is 2.47. The van der Waals surface area contributed by atoms with Crippen molar-refractivity contribution in [3.8, 4) is 0 Å². The van der Waals surface area contributed by atoms with E-state index < -0.39 is 0 Å². The molecule has 0 saturated carbocycles. The zero-order chi connectivity index (χ0) is 22.2. The fraction of sp³-hybridized carbons (Fsp3) is 0.391. The summed E-state index contributed by atoms with van der Waals surface area (Å²) < 4.78 is 0. The van der Waals surface area contributed by atoms with Crippen LogP contribution in [-0.4, -0.2) is 47.3 Å². The van der Waals surface area contributed by atoms with Crippen molar-refractivity contribution >= 4 is 29.0 Å². The van der Waals surface area contributed by atoms with Crippen LogP contribution < -0.4 is 21.7 Å². The quantitative estimate of drug-likeness (QED) is 0.510. The fourth-order valence-electron chi connectivity index (χ4n) is 3.56. The van der Waals surface area contributed by atoms with Gasteiger partial charge in [0.15, 0.2) is 0 Å². The molecule has 5 N–H and O–H groups in total. The first-order valence-corrected chi connectivity index (χ1v) is 10.7. The largest absolute Gasteiger partial charge is 0.397 e. The van der Waals surface area contributed by atoms with Crippen LogP contribution in [0.1, 0.15) is 36.6 Å². The summed E-state index contributed by atoms with van der Waals surface area (Å²) in [5.41, 5.74) is 10.7. The molecule has 0 unspecified atom stereocenters. The summed E-state index contributed by atoms with van der Waals surface area (Å²) in [4.78, 5) is 25.8. The van der Waals surface area contributed by atoms with Crippen molar-refractivity contribution in [1.82, 2.24) is 20.6 Å². The van der Waals surface area contributed by atoms with E-state index in [9.17, 15) is 4.79 Å². The van der Waals surface area contributed by atoms with Crippen LogP contribution in [0.25, 0.3) is 5.70 Å². The van der Waals surface area contributed by atoms with Crippen LogP contribution in [0.15, 0.2) is 41.5 Å². The molecule has 1 fully saturated rings. The summed E-state index contributed by atoms with van der Waals surface area (Å²) in [7, 11) is 0. The normalized spacial score (nSPS) is 17.3. The van der Waals surface area contributed by atoms with E-state index >= 15 is 0 Å². The van der Waals surface area contributed by atoms with Gasteiger partial charge in [0, 0.05) is 31.0 Å². The van der Waals surface area contributed by atoms with Crippen molar-refractivity contribution in [3.05, 3.63) is 53.4 Å². The Balaban J connectivity index is 1.76. The minimum atomic E-state index is -0.221. The number of nitrogens with zero attached hydrogens (tertiary/aromatic N) is 3. The summed E-state index contributed by atoms with van der Waals surface area (Å²) in [5, 5.41) is 9.54. The lowest BCUT2D eigenvalue weighted by atomic mass is 10.1. The highest BCUT2D eigenvalue weighted by molar-refractivity contribution is 6.44. The summed E-state index contributed by atoms with van der Waals surface area (Å²) in [6.07, 6.45) is 5.22. The Hall–Kier alpha value is -3.26. The number of nitrogens with one attached hydrogen (secondary N) is 3. The third-order valence-corrected chi connectivity index (χ3v) is 4.91. The number of rotatable bonds is 7. The molecular weight excluding hydrogens is 390 g/mol. The zero-order valence-corrected chi connectivity index (χ0v) is 18.4. The van der Waals surface area contributed by atoms with Crippen LogP contribution in [0.5, 0.6) is 0 Å². The molecule has 1 saturated heterocycles. The Kier molecular flexibility index (Phi) is 7.72. The topological polar surface area (TPSA) is 117 Å². The van der Waals surface area contributed by atoms with Gasteiger partial charge < -0.3 is 21.7 Å². The number of anilines is 2. The summed E-state index contributed by atoms with van der Waals surface area (Å²) in [6.45, 7) is 8.21. The number of nitrogens with two attached hydrogens (primary N) is 1. The van der Waals surface area contributed by atoms with Crippen LogP contribution >= 0.6 is 0 Å². The molecule has 2 aromatic rings. The van der Waals surface area contributed by atoms with E-state index in [1.54, 1.807) is 18.3 Å². The van der Waals surface area contributed by atoms with Crippen molar-refractivity contribution < 1.29 is 4.79 Å². The van der Waals surface area contributed by atoms with Gasteiger partial charge in [-0.25, -0.2) is 9.97 Å². The van der Waals surface area contributed by atoms with Crippen LogP contribution in [0.4, 0.5) is 11.6 Å². The zero-order valence-electron chi connectivity index (χ0n) is 18.4. The van der Waals surface area contributed by atoms with E-state index in [0.29, 0.717) is 29.6 Å². The Morgan fingerprint density at radius 2 is 2.10 bits per heavy atom. The molecule has 8 heteroatoms. The number of benzene rings is 1. The molecule has 1 atom stereocenters. The lowest BCUT2D eigenvalue weighted by molar-refractivity contribution is -0.115. The van der Waals surface area contributed by atoms with Gasteiger partial charge in [-0.1, -0.05) is 6.07 Å². The number of amides is 1. The highest BCUT2D eigenvalue weighted by Gasteiger charge is 2.18.